The molecular formula is C18H23ClN4O. The van der Waals surface area contributed by atoms with Gasteiger partial charge in [0.05, 0.1) is 6.20 Å². The number of nitrogens with zero attached hydrogens (tertiary/aromatic N) is 4. The Morgan fingerprint density at radius 2 is 2.08 bits per heavy atom. The second-order valence-corrected chi connectivity index (χ2v) is 6.84. The van der Waals surface area contributed by atoms with E-state index in [0.29, 0.717) is 5.02 Å². The summed E-state index contributed by atoms with van der Waals surface area (Å²) in [4.78, 5) is 17.1. The van der Waals surface area contributed by atoms with Gasteiger partial charge in [0.25, 0.3) is 5.91 Å². The van der Waals surface area contributed by atoms with Crippen molar-refractivity contribution in [3.8, 4) is 0 Å². The van der Waals surface area contributed by atoms with Gasteiger partial charge in [-0.2, -0.15) is 5.10 Å². The maximum Gasteiger partial charge on any atom is 0.254 e. The van der Waals surface area contributed by atoms with Gasteiger partial charge < -0.3 is 4.90 Å². The molecule has 0 aliphatic carbocycles. The van der Waals surface area contributed by atoms with Gasteiger partial charge in [0.1, 0.15) is 0 Å². The minimum Gasteiger partial charge on any atom is -0.337 e. The van der Waals surface area contributed by atoms with Crippen molar-refractivity contribution in [2.24, 2.45) is 7.05 Å². The lowest BCUT2D eigenvalue weighted by Gasteiger charge is -2.22. The van der Waals surface area contributed by atoms with E-state index in [1.54, 1.807) is 6.07 Å². The predicted molar refractivity (Wildman–Crippen MR) is 95.2 cm³/mol. The monoisotopic (exact) mass is 346 g/mol. The van der Waals surface area contributed by atoms with Crippen LogP contribution in [0.2, 0.25) is 5.02 Å². The average molecular weight is 347 g/mol. The Hall–Kier alpha value is -1.85. The Labute approximate surface area is 147 Å². The number of hydrogen-bond donors (Lipinski definition) is 0. The van der Waals surface area contributed by atoms with Gasteiger partial charge >= 0.3 is 0 Å². The molecule has 1 aliphatic rings. The molecule has 0 spiro atoms. The number of carbonyl (C=O) groups excluding carboxylic acids is 1. The Kier molecular flexibility index (Phi) is 5.21. The van der Waals surface area contributed by atoms with Crippen molar-refractivity contribution in [1.29, 1.82) is 0 Å². The highest BCUT2D eigenvalue weighted by Crippen LogP contribution is 2.18. The minimum atomic E-state index is 0.104. The molecule has 0 saturated carbocycles. The Bertz CT molecular complexity index is 728. The largest absolute Gasteiger partial charge is 0.337 e. The molecule has 1 aromatic heterocycles. The van der Waals surface area contributed by atoms with E-state index in [4.69, 9.17) is 11.6 Å². The van der Waals surface area contributed by atoms with Gasteiger partial charge in [-0.3, -0.25) is 14.4 Å². The normalized spacial score (nSPS) is 16.2. The molecule has 0 unspecified atom stereocenters. The first-order chi connectivity index (χ1) is 11.5. The number of benzene rings is 1. The molecule has 0 atom stereocenters. The standard InChI is InChI=1S/C18H23ClN4O/c1-14-10-16(19)4-5-17(14)18(24)23-7-3-6-22(8-9-23)13-15-11-20-21(2)12-15/h4-5,10-12H,3,6-9,13H2,1-2H3. The van der Waals surface area contributed by atoms with Crippen molar-refractivity contribution in [3.63, 3.8) is 0 Å². The van der Waals surface area contributed by atoms with E-state index < -0.39 is 0 Å². The molecule has 6 heteroatoms. The first-order valence-electron chi connectivity index (χ1n) is 8.28. The average Bonchev–Trinajstić information content (AvgIpc) is 2.80. The summed E-state index contributed by atoms with van der Waals surface area (Å²) in [6.07, 6.45) is 4.94. The predicted octanol–water partition coefficient (Wildman–Crippen LogP) is 2.73. The van der Waals surface area contributed by atoms with Crippen molar-refractivity contribution < 1.29 is 4.79 Å². The molecule has 128 valence electrons. The third-order valence-corrected chi connectivity index (χ3v) is 4.69. The fraction of sp³-hybridized carbons (Fsp3) is 0.444. The highest BCUT2D eigenvalue weighted by atomic mass is 35.5. The molecule has 2 aromatic rings. The molecule has 2 heterocycles. The van der Waals surface area contributed by atoms with Crippen LogP contribution in [0.25, 0.3) is 0 Å². The van der Waals surface area contributed by atoms with E-state index in [1.807, 2.05) is 48.1 Å². The zero-order chi connectivity index (χ0) is 17.1. The highest BCUT2D eigenvalue weighted by Gasteiger charge is 2.21. The molecule has 1 saturated heterocycles. The molecule has 3 rings (SSSR count). The summed E-state index contributed by atoms with van der Waals surface area (Å²) in [5.74, 6) is 0.104. The lowest BCUT2D eigenvalue weighted by molar-refractivity contribution is 0.0760. The quantitative estimate of drug-likeness (QED) is 0.858. The zero-order valence-electron chi connectivity index (χ0n) is 14.2. The fourth-order valence-electron chi connectivity index (χ4n) is 3.18. The number of aryl methyl sites for hydroxylation is 2. The smallest absolute Gasteiger partial charge is 0.254 e. The maximum absolute atomic E-state index is 12.8. The number of amides is 1. The third-order valence-electron chi connectivity index (χ3n) is 4.46. The third kappa shape index (κ3) is 3.97. The van der Waals surface area contributed by atoms with Crippen LogP contribution in [-0.2, 0) is 13.6 Å². The van der Waals surface area contributed by atoms with Gasteiger partial charge in [-0.05, 0) is 37.1 Å². The van der Waals surface area contributed by atoms with Crippen molar-refractivity contribution >= 4 is 17.5 Å². The first kappa shape index (κ1) is 17.0. The van der Waals surface area contributed by atoms with Crippen LogP contribution in [0.1, 0.15) is 27.9 Å². The van der Waals surface area contributed by atoms with Gasteiger partial charge in [-0.15, -0.1) is 0 Å². The molecule has 0 bridgehead atoms. The van der Waals surface area contributed by atoms with Crippen molar-refractivity contribution in [2.75, 3.05) is 26.2 Å². The van der Waals surface area contributed by atoms with Crippen molar-refractivity contribution in [3.05, 3.63) is 52.3 Å². The van der Waals surface area contributed by atoms with Crippen molar-refractivity contribution in [2.45, 2.75) is 19.9 Å². The Morgan fingerprint density at radius 1 is 1.25 bits per heavy atom. The topological polar surface area (TPSA) is 41.4 Å². The van der Waals surface area contributed by atoms with Crippen LogP contribution in [-0.4, -0.2) is 51.7 Å². The van der Waals surface area contributed by atoms with E-state index in [-0.39, 0.29) is 5.91 Å². The highest BCUT2D eigenvalue weighted by molar-refractivity contribution is 6.30. The van der Waals surface area contributed by atoms with E-state index in [0.717, 1.165) is 50.3 Å². The van der Waals surface area contributed by atoms with Gasteiger partial charge in [0, 0.05) is 62.1 Å². The molecule has 0 radical (unpaired) electrons. The van der Waals surface area contributed by atoms with Crippen molar-refractivity contribution in [1.82, 2.24) is 19.6 Å². The van der Waals surface area contributed by atoms with Gasteiger partial charge in [0.15, 0.2) is 0 Å². The number of halogens is 1. The fourth-order valence-corrected chi connectivity index (χ4v) is 3.41. The van der Waals surface area contributed by atoms with Crippen LogP contribution in [0.15, 0.2) is 30.6 Å². The number of hydrogen-bond acceptors (Lipinski definition) is 3. The summed E-state index contributed by atoms with van der Waals surface area (Å²) in [7, 11) is 1.93. The lowest BCUT2D eigenvalue weighted by atomic mass is 10.1. The summed E-state index contributed by atoms with van der Waals surface area (Å²) in [6, 6.07) is 5.47. The van der Waals surface area contributed by atoms with Crippen LogP contribution < -0.4 is 0 Å². The zero-order valence-corrected chi connectivity index (χ0v) is 15.0. The Balaban J connectivity index is 1.63. The number of rotatable bonds is 3. The number of aromatic nitrogens is 2. The lowest BCUT2D eigenvalue weighted by Crippen LogP contribution is -2.35. The van der Waals surface area contributed by atoms with Gasteiger partial charge in [0.2, 0.25) is 0 Å². The molecule has 5 nitrogen and oxygen atoms in total. The first-order valence-corrected chi connectivity index (χ1v) is 8.66. The van der Waals surface area contributed by atoms with E-state index in [9.17, 15) is 4.79 Å². The van der Waals surface area contributed by atoms with E-state index in [2.05, 4.69) is 10.00 Å². The summed E-state index contributed by atoms with van der Waals surface area (Å²) in [5.41, 5.74) is 2.90. The second kappa shape index (κ2) is 7.36. The molecule has 24 heavy (non-hydrogen) atoms. The van der Waals surface area contributed by atoms with Crippen LogP contribution in [0.5, 0.6) is 0 Å². The summed E-state index contributed by atoms with van der Waals surface area (Å²) in [5, 5.41) is 4.89. The van der Waals surface area contributed by atoms with Crippen LogP contribution in [0, 0.1) is 6.92 Å². The van der Waals surface area contributed by atoms with Crippen LogP contribution in [0.3, 0.4) is 0 Å². The molecular weight excluding hydrogens is 324 g/mol. The molecule has 1 amide bonds. The molecule has 0 N–H and O–H groups in total. The summed E-state index contributed by atoms with van der Waals surface area (Å²) < 4.78 is 1.83. The summed E-state index contributed by atoms with van der Waals surface area (Å²) >= 11 is 5.99. The molecule has 1 aliphatic heterocycles. The number of carbonyl (C=O) groups is 1. The molecule has 1 aromatic carbocycles. The minimum absolute atomic E-state index is 0.104. The maximum atomic E-state index is 12.8. The van der Waals surface area contributed by atoms with E-state index in [1.165, 1.54) is 5.56 Å². The second-order valence-electron chi connectivity index (χ2n) is 6.40. The molecule has 1 fully saturated rings. The van der Waals surface area contributed by atoms with Gasteiger partial charge in [-0.1, -0.05) is 11.6 Å². The Morgan fingerprint density at radius 3 is 2.79 bits per heavy atom. The summed E-state index contributed by atoms with van der Waals surface area (Å²) in [6.45, 7) is 6.25. The van der Waals surface area contributed by atoms with E-state index >= 15 is 0 Å². The van der Waals surface area contributed by atoms with Crippen LogP contribution >= 0.6 is 11.6 Å². The van der Waals surface area contributed by atoms with Gasteiger partial charge in [-0.25, -0.2) is 0 Å². The van der Waals surface area contributed by atoms with Crippen LogP contribution in [0.4, 0.5) is 0 Å². The SMILES string of the molecule is Cc1cc(Cl)ccc1C(=O)N1CCCN(Cc2cnn(C)c2)CC1.